The van der Waals surface area contributed by atoms with Gasteiger partial charge in [0.25, 0.3) is 5.91 Å². The standard InChI is InChI=1S/C17H13F3N4O4/c1-9-15(23-8-10(17(18,19)20)3-6-14(23)21-9)16(25)22-11-4-5-13(28-2)12(7-11)24(26)27/h3-8H,1-2H3,(H,22,25). The number of aryl methyl sites for hydroxylation is 1. The summed E-state index contributed by atoms with van der Waals surface area (Å²) in [5.41, 5.74) is -0.962. The maximum Gasteiger partial charge on any atom is 0.417 e. The van der Waals surface area contributed by atoms with Crippen LogP contribution in [0.1, 0.15) is 21.7 Å². The number of aromatic nitrogens is 2. The van der Waals surface area contributed by atoms with Crippen molar-refractivity contribution in [2.75, 3.05) is 12.4 Å². The number of carbonyl (C=O) groups is 1. The van der Waals surface area contributed by atoms with Crippen LogP contribution in [0.3, 0.4) is 0 Å². The largest absolute Gasteiger partial charge is 0.490 e. The molecular weight excluding hydrogens is 381 g/mol. The van der Waals surface area contributed by atoms with Gasteiger partial charge in [-0.2, -0.15) is 13.2 Å². The lowest BCUT2D eigenvalue weighted by molar-refractivity contribution is -0.385. The number of hydrogen-bond acceptors (Lipinski definition) is 5. The van der Waals surface area contributed by atoms with Gasteiger partial charge < -0.3 is 10.1 Å². The van der Waals surface area contributed by atoms with Crippen LogP contribution < -0.4 is 10.1 Å². The van der Waals surface area contributed by atoms with Crippen LogP contribution in [0.5, 0.6) is 5.75 Å². The van der Waals surface area contributed by atoms with Gasteiger partial charge in [-0.25, -0.2) is 4.98 Å². The molecule has 2 aromatic heterocycles. The average Bonchev–Trinajstić information content (AvgIpc) is 2.95. The first-order chi connectivity index (χ1) is 13.1. The SMILES string of the molecule is COc1ccc(NC(=O)c2c(C)nc3ccc(C(F)(F)F)cn23)cc1[N+](=O)[O-]. The minimum Gasteiger partial charge on any atom is -0.490 e. The molecule has 0 radical (unpaired) electrons. The molecule has 3 aromatic rings. The van der Waals surface area contributed by atoms with Crippen molar-refractivity contribution in [1.29, 1.82) is 0 Å². The summed E-state index contributed by atoms with van der Waals surface area (Å²) in [7, 11) is 1.26. The summed E-state index contributed by atoms with van der Waals surface area (Å²) in [5, 5.41) is 13.5. The predicted molar refractivity (Wildman–Crippen MR) is 92.5 cm³/mol. The van der Waals surface area contributed by atoms with Gasteiger partial charge in [0.15, 0.2) is 5.75 Å². The van der Waals surface area contributed by atoms with Crippen molar-refractivity contribution < 1.29 is 27.6 Å². The summed E-state index contributed by atoms with van der Waals surface area (Å²) in [4.78, 5) is 27.2. The van der Waals surface area contributed by atoms with Crippen LogP contribution in [0.4, 0.5) is 24.5 Å². The van der Waals surface area contributed by atoms with Crippen molar-refractivity contribution >= 4 is 22.9 Å². The van der Waals surface area contributed by atoms with E-state index in [4.69, 9.17) is 4.74 Å². The first-order valence-electron chi connectivity index (χ1n) is 7.81. The lowest BCUT2D eigenvalue weighted by Gasteiger charge is -2.10. The fourth-order valence-electron chi connectivity index (χ4n) is 2.70. The molecule has 8 nitrogen and oxygen atoms in total. The Morgan fingerprint density at radius 2 is 2.00 bits per heavy atom. The summed E-state index contributed by atoms with van der Waals surface area (Å²) in [6.45, 7) is 1.48. The number of nitrogens with one attached hydrogen (secondary N) is 1. The Balaban J connectivity index is 2.01. The molecule has 1 aromatic carbocycles. The van der Waals surface area contributed by atoms with E-state index in [0.29, 0.717) is 0 Å². The number of nitro benzene ring substituents is 1. The van der Waals surface area contributed by atoms with Crippen molar-refractivity contribution in [3.8, 4) is 5.75 Å². The van der Waals surface area contributed by atoms with E-state index in [2.05, 4.69) is 10.3 Å². The van der Waals surface area contributed by atoms with E-state index in [0.717, 1.165) is 28.8 Å². The summed E-state index contributed by atoms with van der Waals surface area (Å²) < 4.78 is 44.9. The highest BCUT2D eigenvalue weighted by Gasteiger charge is 2.31. The monoisotopic (exact) mass is 394 g/mol. The summed E-state index contributed by atoms with van der Waals surface area (Å²) >= 11 is 0. The molecule has 0 bridgehead atoms. The second kappa shape index (κ2) is 6.83. The Labute approximate surface area is 155 Å². The molecule has 0 fully saturated rings. The highest BCUT2D eigenvalue weighted by molar-refractivity contribution is 6.04. The average molecular weight is 394 g/mol. The number of hydrogen-bond donors (Lipinski definition) is 1. The van der Waals surface area contributed by atoms with Gasteiger partial charge in [0.2, 0.25) is 0 Å². The zero-order valence-electron chi connectivity index (χ0n) is 14.6. The van der Waals surface area contributed by atoms with Crippen molar-refractivity contribution in [3.63, 3.8) is 0 Å². The molecule has 1 amide bonds. The minimum atomic E-state index is -4.59. The van der Waals surface area contributed by atoms with Gasteiger partial charge in [-0.15, -0.1) is 0 Å². The molecule has 0 atom stereocenters. The van der Waals surface area contributed by atoms with E-state index >= 15 is 0 Å². The Morgan fingerprint density at radius 3 is 2.61 bits per heavy atom. The number of ether oxygens (including phenoxy) is 1. The van der Waals surface area contributed by atoms with Crippen LogP contribution in [-0.4, -0.2) is 27.3 Å². The second-order valence-corrected chi connectivity index (χ2v) is 5.79. The van der Waals surface area contributed by atoms with Crippen LogP contribution in [0.2, 0.25) is 0 Å². The van der Waals surface area contributed by atoms with Gasteiger partial charge in [0, 0.05) is 18.0 Å². The molecule has 146 valence electrons. The minimum absolute atomic E-state index is 0.00352. The van der Waals surface area contributed by atoms with Crippen LogP contribution in [-0.2, 0) is 6.18 Å². The van der Waals surface area contributed by atoms with Gasteiger partial charge in [-0.3, -0.25) is 19.3 Å². The molecule has 3 rings (SSSR count). The van der Waals surface area contributed by atoms with Crippen LogP contribution in [0.25, 0.3) is 5.65 Å². The quantitative estimate of drug-likeness (QED) is 0.536. The molecule has 0 saturated heterocycles. The van der Waals surface area contributed by atoms with E-state index in [1.807, 2.05) is 0 Å². The molecule has 1 N–H and O–H groups in total. The molecule has 0 spiro atoms. The summed E-state index contributed by atoms with van der Waals surface area (Å²) in [6.07, 6.45) is -3.81. The summed E-state index contributed by atoms with van der Waals surface area (Å²) in [5.74, 6) is -0.757. The number of methoxy groups -OCH3 is 1. The van der Waals surface area contributed by atoms with E-state index in [1.54, 1.807) is 0 Å². The van der Waals surface area contributed by atoms with Crippen molar-refractivity contribution in [2.45, 2.75) is 13.1 Å². The smallest absolute Gasteiger partial charge is 0.417 e. The van der Waals surface area contributed by atoms with E-state index < -0.39 is 22.6 Å². The second-order valence-electron chi connectivity index (χ2n) is 5.79. The number of nitro groups is 1. The first-order valence-corrected chi connectivity index (χ1v) is 7.81. The molecule has 2 heterocycles. The number of nitrogens with zero attached hydrogens (tertiary/aromatic N) is 3. The van der Waals surface area contributed by atoms with Crippen LogP contribution in [0, 0.1) is 17.0 Å². The van der Waals surface area contributed by atoms with Crippen molar-refractivity contribution in [2.24, 2.45) is 0 Å². The van der Waals surface area contributed by atoms with Gasteiger partial charge in [-0.05, 0) is 31.2 Å². The Kier molecular flexibility index (Phi) is 4.67. The van der Waals surface area contributed by atoms with E-state index in [1.165, 1.54) is 26.2 Å². The third-order valence-electron chi connectivity index (χ3n) is 3.97. The Bertz CT molecular complexity index is 1090. The third-order valence-corrected chi connectivity index (χ3v) is 3.97. The highest BCUT2D eigenvalue weighted by Crippen LogP contribution is 2.31. The van der Waals surface area contributed by atoms with E-state index in [-0.39, 0.29) is 34.2 Å². The number of pyridine rings is 1. The number of benzene rings is 1. The number of imidazole rings is 1. The van der Waals surface area contributed by atoms with Gasteiger partial charge in [0.05, 0.1) is 23.3 Å². The van der Waals surface area contributed by atoms with Gasteiger partial charge in [0.1, 0.15) is 11.3 Å². The zero-order chi connectivity index (χ0) is 20.6. The van der Waals surface area contributed by atoms with E-state index in [9.17, 15) is 28.1 Å². The molecular formula is C17H13F3N4O4. The maximum absolute atomic E-state index is 13.0. The first kappa shape index (κ1) is 19.1. The highest BCUT2D eigenvalue weighted by atomic mass is 19.4. The maximum atomic E-state index is 13.0. The number of carbonyl (C=O) groups excluding carboxylic acids is 1. The Hall–Kier alpha value is -3.63. The van der Waals surface area contributed by atoms with Crippen molar-refractivity contribution in [1.82, 2.24) is 9.38 Å². The van der Waals surface area contributed by atoms with Crippen LogP contribution in [0.15, 0.2) is 36.5 Å². The van der Waals surface area contributed by atoms with Crippen LogP contribution >= 0.6 is 0 Å². The molecule has 0 aliphatic rings. The van der Waals surface area contributed by atoms with Gasteiger partial charge >= 0.3 is 11.9 Å². The van der Waals surface area contributed by atoms with Gasteiger partial charge in [-0.1, -0.05) is 0 Å². The molecule has 0 aliphatic carbocycles. The topological polar surface area (TPSA) is 98.8 Å². The fourth-order valence-corrected chi connectivity index (χ4v) is 2.70. The number of halogens is 3. The molecule has 11 heteroatoms. The number of fused-ring (bicyclic) bond motifs is 1. The van der Waals surface area contributed by atoms with Crippen molar-refractivity contribution in [3.05, 3.63) is 63.6 Å². The number of anilines is 1. The molecule has 0 aliphatic heterocycles. The number of rotatable bonds is 4. The predicted octanol–water partition coefficient (Wildman–Crippen LogP) is 3.83. The number of amides is 1. The molecule has 0 unspecified atom stereocenters. The molecule has 0 saturated carbocycles. The summed E-state index contributed by atoms with van der Waals surface area (Å²) in [6, 6.07) is 5.80. The zero-order valence-corrected chi connectivity index (χ0v) is 14.6. The normalized spacial score (nSPS) is 11.5. The molecule has 28 heavy (non-hydrogen) atoms. The number of alkyl halides is 3. The fraction of sp³-hybridized carbons (Fsp3) is 0.176. The lowest BCUT2D eigenvalue weighted by Crippen LogP contribution is -2.16. The Morgan fingerprint density at radius 1 is 1.29 bits per heavy atom. The lowest BCUT2D eigenvalue weighted by atomic mass is 10.2. The third kappa shape index (κ3) is 3.46.